The molecule has 5 nitrogen and oxygen atoms in total. The van der Waals surface area contributed by atoms with Crippen molar-refractivity contribution in [1.29, 1.82) is 0 Å². The van der Waals surface area contributed by atoms with Crippen molar-refractivity contribution in [3.8, 4) is 5.75 Å². The number of benzene rings is 1. The van der Waals surface area contributed by atoms with Crippen LogP contribution < -0.4 is 9.64 Å². The maximum absolute atomic E-state index is 12.0. The number of hydrogen-bond acceptors (Lipinski definition) is 4. The standard InChI is InChI=1S/C14H17NO4/c1-3-19-14(17)10-8-13(16)15(9-10)11-6-4-5-7-12(11)18-2/h4-7,10H,3,8-9H2,1-2H3/t10-/m0/s1. The first-order valence-corrected chi connectivity index (χ1v) is 6.27. The van der Waals surface area contributed by atoms with Gasteiger partial charge in [0.15, 0.2) is 0 Å². The summed E-state index contributed by atoms with van der Waals surface area (Å²) in [6.07, 6.45) is 0.191. The molecule has 19 heavy (non-hydrogen) atoms. The van der Waals surface area contributed by atoms with E-state index in [0.717, 1.165) is 0 Å². The van der Waals surface area contributed by atoms with Gasteiger partial charge in [-0.15, -0.1) is 0 Å². The van der Waals surface area contributed by atoms with Crippen LogP contribution in [-0.4, -0.2) is 32.1 Å². The molecule has 2 rings (SSSR count). The van der Waals surface area contributed by atoms with Crippen LogP contribution in [0, 0.1) is 5.92 Å². The van der Waals surface area contributed by atoms with Gasteiger partial charge in [0.25, 0.3) is 0 Å². The minimum absolute atomic E-state index is 0.0810. The van der Waals surface area contributed by atoms with Gasteiger partial charge in [-0.2, -0.15) is 0 Å². The van der Waals surface area contributed by atoms with E-state index in [1.54, 1.807) is 25.0 Å². The van der Waals surface area contributed by atoms with Gasteiger partial charge in [-0.3, -0.25) is 9.59 Å². The van der Waals surface area contributed by atoms with Crippen LogP contribution in [-0.2, 0) is 14.3 Å². The van der Waals surface area contributed by atoms with Crippen molar-refractivity contribution in [1.82, 2.24) is 0 Å². The molecule has 1 saturated heterocycles. The first-order valence-electron chi connectivity index (χ1n) is 6.27. The molecule has 1 aliphatic rings. The fraction of sp³-hybridized carbons (Fsp3) is 0.429. The number of ether oxygens (including phenoxy) is 2. The average molecular weight is 263 g/mol. The molecule has 1 atom stereocenters. The Bertz CT molecular complexity index is 486. The summed E-state index contributed by atoms with van der Waals surface area (Å²) in [7, 11) is 1.56. The first-order chi connectivity index (χ1) is 9.17. The Morgan fingerprint density at radius 3 is 2.84 bits per heavy atom. The summed E-state index contributed by atoms with van der Waals surface area (Å²) in [5.74, 6) is -0.159. The number of rotatable bonds is 4. The molecule has 0 spiro atoms. The Balaban J connectivity index is 2.18. The number of carbonyl (C=O) groups excluding carboxylic acids is 2. The molecule has 1 amide bonds. The molecular weight excluding hydrogens is 246 g/mol. The smallest absolute Gasteiger partial charge is 0.311 e. The number of para-hydroxylation sites is 2. The summed E-state index contributed by atoms with van der Waals surface area (Å²) in [4.78, 5) is 25.3. The molecule has 0 radical (unpaired) electrons. The number of hydrogen-bond donors (Lipinski definition) is 0. The SMILES string of the molecule is CCOC(=O)[C@H]1CC(=O)N(c2ccccc2OC)C1. The molecule has 1 aliphatic heterocycles. The van der Waals surface area contributed by atoms with Gasteiger partial charge < -0.3 is 14.4 Å². The Morgan fingerprint density at radius 1 is 1.42 bits per heavy atom. The molecule has 0 aromatic heterocycles. The van der Waals surface area contributed by atoms with Gasteiger partial charge in [0.2, 0.25) is 5.91 Å². The molecule has 0 aliphatic carbocycles. The van der Waals surface area contributed by atoms with E-state index in [-0.39, 0.29) is 18.3 Å². The van der Waals surface area contributed by atoms with Gasteiger partial charge in [-0.05, 0) is 19.1 Å². The summed E-state index contributed by atoms with van der Waals surface area (Å²) in [5.41, 5.74) is 0.696. The van der Waals surface area contributed by atoms with E-state index < -0.39 is 5.92 Å². The summed E-state index contributed by atoms with van der Waals surface area (Å²) >= 11 is 0. The second-order valence-corrected chi connectivity index (χ2v) is 4.33. The topological polar surface area (TPSA) is 55.8 Å². The van der Waals surface area contributed by atoms with Crippen LogP contribution in [0.25, 0.3) is 0 Å². The predicted octanol–water partition coefficient (Wildman–Crippen LogP) is 1.61. The normalized spacial score (nSPS) is 18.5. The van der Waals surface area contributed by atoms with Crippen molar-refractivity contribution >= 4 is 17.6 Å². The molecular formula is C14H17NO4. The minimum atomic E-state index is -0.391. The highest BCUT2D eigenvalue weighted by Crippen LogP contribution is 2.32. The second kappa shape index (κ2) is 5.73. The van der Waals surface area contributed by atoms with Crippen LogP contribution in [0.2, 0.25) is 0 Å². The fourth-order valence-corrected chi connectivity index (χ4v) is 2.21. The van der Waals surface area contributed by atoms with Gasteiger partial charge in [0.1, 0.15) is 5.75 Å². The van der Waals surface area contributed by atoms with Gasteiger partial charge in [-0.25, -0.2) is 0 Å². The van der Waals surface area contributed by atoms with Gasteiger partial charge in [0, 0.05) is 13.0 Å². The number of anilines is 1. The minimum Gasteiger partial charge on any atom is -0.495 e. The third-order valence-electron chi connectivity index (χ3n) is 3.12. The Kier molecular flexibility index (Phi) is 4.04. The molecule has 0 saturated carbocycles. The van der Waals surface area contributed by atoms with Crippen molar-refractivity contribution in [2.45, 2.75) is 13.3 Å². The zero-order chi connectivity index (χ0) is 13.8. The second-order valence-electron chi connectivity index (χ2n) is 4.33. The number of amides is 1. The molecule has 0 N–H and O–H groups in total. The average Bonchev–Trinajstić information content (AvgIpc) is 2.81. The van der Waals surface area contributed by atoms with Crippen molar-refractivity contribution < 1.29 is 19.1 Å². The van der Waals surface area contributed by atoms with E-state index >= 15 is 0 Å². The number of carbonyl (C=O) groups is 2. The lowest BCUT2D eigenvalue weighted by Gasteiger charge is -2.19. The zero-order valence-electron chi connectivity index (χ0n) is 11.1. The summed E-state index contributed by atoms with van der Waals surface area (Å²) in [6.45, 7) is 2.43. The van der Waals surface area contributed by atoms with E-state index in [4.69, 9.17) is 9.47 Å². The molecule has 0 bridgehead atoms. The Morgan fingerprint density at radius 2 is 2.16 bits per heavy atom. The van der Waals surface area contributed by atoms with Crippen LogP contribution in [0.4, 0.5) is 5.69 Å². The number of methoxy groups -OCH3 is 1. The van der Waals surface area contributed by atoms with Crippen molar-refractivity contribution in [2.24, 2.45) is 5.92 Å². The van der Waals surface area contributed by atoms with Crippen LogP contribution in [0.1, 0.15) is 13.3 Å². The maximum atomic E-state index is 12.0. The van der Waals surface area contributed by atoms with Crippen LogP contribution in [0.3, 0.4) is 0 Å². The maximum Gasteiger partial charge on any atom is 0.311 e. The Hall–Kier alpha value is -2.04. The summed E-state index contributed by atoms with van der Waals surface area (Å²) in [6, 6.07) is 7.28. The number of nitrogens with zero attached hydrogens (tertiary/aromatic N) is 1. The predicted molar refractivity (Wildman–Crippen MR) is 70.1 cm³/mol. The van der Waals surface area contributed by atoms with Crippen molar-refractivity contribution in [3.05, 3.63) is 24.3 Å². The summed E-state index contributed by atoms with van der Waals surface area (Å²) in [5, 5.41) is 0. The van der Waals surface area contributed by atoms with Crippen molar-refractivity contribution in [3.63, 3.8) is 0 Å². The molecule has 0 unspecified atom stereocenters. The monoisotopic (exact) mass is 263 g/mol. The van der Waals surface area contributed by atoms with E-state index in [1.807, 2.05) is 18.2 Å². The Labute approximate surface area is 112 Å². The zero-order valence-corrected chi connectivity index (χ0v) is 11.1. The van der Waals surface area contributed by atoms with E-state index in [2.05, 4.69) is 0 Å². The van der Waals surface area contributed by atoms with Crippen LogP contribution in [0.5, 0.6) is 5.75 Å². The molecule has 1 aromatic rings. The van der Waals surface area contributed by atoms with Crippen molar-refractivity contribution in [2.75, 3.05) is 25.2 Å². The number of esters is 1. The third-order valence-corrected chi connectivity index (χ3v) is 3.12. The quantitative estimate of drug-likeness (QED) is 0.774. The highest BCUT2D eigenvalue weighted by Gasteiger charge is 2.36. The fourth-order valence-electron chi connectivity index (χ4n) is 2.21. The largest absolute Gasteiger partial charge is 0.495 e. The van der Waals surface area contributed by atoms with E-state index in [0.29, 0.717) is 24.6 Å². The van der Waals surface area contributed by atoms with Gasteiger partial charge in [0.05, 0.1) is 25.3 Å². The lowest BCUT2D eigenvalue weighted by atomic mass is 10.1. The van der Waals surface area contributed by atoms with Crippen LogP contribution in [0.15, 0.2) is 24.3 Å². The molecule has 1 fully saturated rings. The first kappa shape index (κ1) is 13.4. The van der Waals surface area contributed by atoms with E-state index in [9.17, 15) is 9.59 Å². The lowest BCUT2D eigenvalue weighted by Crippen LogP contribution is -2.26. The molecule has 1 heterocycles. The summed E-state index contributed by atoms with van der Waals surface area (Å²) < 4.78 is 10.2. The van der Waals surface area contributed by atoms with Gasteiger partial charge in [-0.1, -0.05) is 12.1 Å². The highest BCUT2D eigenvalue weighted by molar-refractivity contribution is 6.00. The third kappa shape index (κ3) is 2.70. The lowest BCUT2D eigenvalue weighted by molar-refractivity contribution is -0.147. The molecule has 1 aromatic carbocycles. The van der Waals surface area contributed by atoms with E-state index in [1.165, 1.54) is 0 Å². The molecule has 5 heteroatoms. The van der Waals surface area contributed by atoms with Crippen LogP contribution >= 0.6 is 0 Å². The van der Waals surface area contributed by atoms with Gasteiger partial charge >= 0.3 is 5.97 Å². The molecule has 102 valence electrons. The highest BCUT2D eigenvalue weighted by atomic mass is 16.5.